The summed E-state index contributed by atoms with van der Waals surface area (Å²) in [4.78, 5) is 6.20. The van der Waals surface area contributed by atoms with Crippen LogP contribution >= 0.6 is 11.6 Å². The summed E-state index contributed by atoms with van der Waals surface area (Å²) < 4.78 is 28.4. The molecule has 0 saturated carbocycles. The molecule has 1 aliphatic rings. The summed E-state index contributed by atoms with van der Waals surface area (Å²) in [7, 11) is -1.97. The molecule has 1 aromatic heterocycles. The molecule has 0 aromatic carbocycles. The van der Waals surface area contributed by atoms with Crippen molar-refractivity contribution in [1.82, 2.24) is 19.2 Å². The van der Waals surface area contributed by atoms with Gasteiger partial charge < -0.3 is 9.47 Å². The van der Waals surface area contributed by atoms with Gasteiger partial charge in [-0.1, -0.05) is 11.6 Å². The van der Waals surface area contributed by atoms with Crippen molar-refractivity contribution in [2.45, 2.75) is 31.3 Å². The number of aromatic nitrogens is 2. The van der Waals surface area contributed by atoms with E-state index in [9.17, 15) is 8.42 Å². The molecule has 0 amide bonds. The molecule has 0 spiro atoms. The van der Waals surface area contributed by atoms with Crippen LogP contribution in [0.25, 0.3) is 0 Å². The zero-order valence-corrected chi connectivity index (χ0v) is 13.6. The predicted octanol–water partition coefficient (Wildman–Crippen LogP) is 1.08. The zero-order valence-electron chi connectivity index (χ0n) is 12.0. The van der Waals surface area contributed by atoms with E-state index >= 15 is 0 Å². The van der Waals surface area contributed by atoms with Gasteiger partial charge in [0.15, 0.2) is 0 Å². The van der Waals surface area contributed by atoms with Crippen molar-refractivity contribution in [2.24, 2.45) is 13.0 Å². The third-order valence-electron chi connectivity index (χ3n) is 3.70. The van der Waals surface area contributed by atoms with E-state index in [1.165, 1.54) is 10.9 Å². The van der Waals surface area contributed by atoms with Crippen LogP contribution in [-0.2, 0) is 17.1 Å². The average molecular weight is 321 g/mol. The van der Waals surface area contributed by atoms with Crippen LogP contribution in [0.5, 0.6) is 0 Å². The summed E-state index contributed by atoms with van der Waals surface area (Å²) in [6, 6.07) is 0.502. The average Bonchev–Trinajstić information content (AvgIpc) is 2.96. The number of rotatable bonds is 5. The van der Waals surface area contributed by atoms with Crippen LogP contribution in [0.2, 0.25) is 5.15 Å². The highest BCUT2D eigenvalue weighted by molar-refractivity contribution is 7.89. The van der Waals surface area contributed by atoms with E-state index in [1.807, 2.05) is 0 Å². The lowest BCUT2D eigenvalue weighted by Gasteiger charge is -2.20. The normalized spacial score (nSPS) is 20.9. The largest absolute Gasteiger partial charge is 0.324 e. The minimum atomic E-state index is -3.63. The molecule has 2 rings (SSSR count). The fraction of sp³-hybridized carbons (Fsp3) is 0.750. The maximum atomic E-state index is 12.2. The number of halogens is 1. The third-order valence-corrected chi connectivity index (χ3v) is 5.61. The first-order valence-corrected chi connectivity index (χ1v) is 8.58. The highest BCUT2D eigenvalue weighted by Gasteiger charge is 2.27. The first-order chi connectivity index (χ1) is 9.31. The minimum Gasteiger partial charge on any atom is -0.324 e. The lowest BCUT2D eigenvalue weighted by molar-refractivity contribution is 0.265. The van der Waals surface area contributed by atoms with Crippen LogP contribution in [0, 0.1) is 5.92 Å². The van der Waals surface area contributed by atoms with Gasteiger partial charge in [0, 0.05) is 26.2 Å². The Morgan fingerprint density at radius 2 is 2.25 bits per heavy atom. The van der Waals surface area contributed by atoms with E-state index in [4.69, 9.17) is 11.6 Å². The number of aryl methyl sites for hydroxylation is 1. The second-order valence-corrected chi connectivity index (χ2v) is 7.59. The van der Waals surface area contributed by atoms with Gasteiger partial charge in [-0.2, -0.15) is 0 Å². The fourth-order valence-corrected chi connectivity index (χ4v) is 3.91. The van der Waals surface area contributed by atoms with Crippen molar-refractivity contribution in [3.05, 3.63) is 11.5 Å². The molecule has 2 heterocycles. The minimum absolute atomic E-state index is 0.0969. The van der Waals surface area contributed by atoms with Crippen molar-refractivity contribution in [3.8, 4) is 0 Å². The number of hydrogen-bond donors (Lipinski definition) is 1. The van der Waals surface area contributed by atoms with E-state index in [-0.39, 0.29) is 10.2 Å². The summed E-state index contributed by atoms with van der Waals surface area (Å²) in [6.45, 7) is 6.68. The molecule has 1 saturated heterocycles. The molecule has 114 valence electrons. The van der Waals surface area contributed by atoms with E-state index in [2.05, 4.69) is 28.5 Å². The molecule has 1 aromatic rings. The van der Waals surface area contributed by atoms with E-state index in [1.54, 1.807) is 7.05 Å². The molecule has 1 aliphatic heterocycles. The highest BCUT2D eigenvalue weighted by atomic mass is 35.5. The van der Waals surface area contributed by atoms with Gasteiger partial charge in [-0.3, -0.25) is 0 Å². The van der Waals surface area contributed by atoms with Crippen molar-refractivity contribution in [3.63, 3.8) is 0 Å². The summed E-state index contributed by atoms with van der Waals surface area (Å²) >= 11 is 5.93. The second-order valence-electron chi connectivity index (χ2n) is 5.55. The van der Waals surface area contributed by atoms with Crippen molar-refractivity contribution < 1.29 is 8.42 Å². The van der Waals surface area contributed by atoms with Gasteiger partial charge in [0.05, 0.1) is 6.33 Å². The van der Waals surface area contributed by atoms with Crippen LogP contribution in [0.4, 0.5) is 0 Å². The lowest BCUT2D eigenvalue weighted by atomic mass is 10.1. The van der Waals surface area contributed by atoms with Crippen LogP contribution in [0.1, 0.15) is 20.3 Å². The van der Waals surface area contributed by atoms with Gasteiger partial charge in [0.2, 0.25) is 5.03 Å². The molecular formula is C12H21ClN4O2S. The first-order valence-electron chi connectivity index (χ1n) is 6.72. The quantitative estimate of drug-likeness (QED) is 0.881. The predicted molar refractivity (Wildman–Crippen MR) is 78.2 cm³/mol. The van der Waals surface area contributed by atoms with Crippen LogP contribution < -0.4 is 4.72 Å². The molecule has 0 aliphatic carbocycles. The summed E-state index contributed by atoms with van der Waals surface area (Å²) in [5, 5.41) is 0.0353. The SMILES string of the molecule is CC(C)N1CCC(CNS(=O)(=O)c2ncn(C)c2Cl)C1. The van der Waals surface area contributed by atoms with Gasteiger partial charge in [0.1, 0.15) is 5.15 Å². The number of nitrogens with zero attached hydrogens (tertiary/aromatic N) is 3. The smallest absolute Gasteiger partial charge is 0.261 e. The monoisotopic (exact) mass is 320 g/mol. The maximum Gasteiger partial charge on any atom is 0.261 e. The van der Waals surface area contributed by atoms with Gasteiger partial charge in [-0.05, 0) is 32.7 Å². The maximum absolute atomic E-state index is 12.2. The lowest BCUT2D eigenvalue weighted by Crippen LogP contribution is -2.33. The number of hydrogen-bond acceptors (Lipinski definition) is 4. The number of imidazole rings is 1. The fourth-order valence-electron chi connectivity index (χ4n) is 2.37. The molecular weight excluding hydrogens is 300 g/mol. The Morgan fingerprint density at radius 3 is 2.75 bits per heavy atom. The number of likely N-dealkylation sites (tertiary alicyclic amines) is 1. The van der Waals surface area contributed by atoms with Crippen LogP contribution in [0.3, 0.4) is 0 Å². The Labute approximate surface area is 125 Å². The van der Waals surface area contributed by atoms with Gasteiger partial charge >= 0.3 is 0 Å². The highest BCUT2D eigenvalue weighted by Crippen LogP contribution is 2.21. The Hall–Kier alpha value is -0.630. The Kier molecular flexibility index (Phi) is 4.73. The molecule has 20 heavy (non-hydrogen) atoms. The molecule has 1 unspecified atom stereocenters. The van der Waals surface area contributed by atoms with E-state index in [0.717, 1.165) is 19.5 Å². The Morgan fingerprint density at radius 1 is 1.55 bits per heavy atom. The summed E-state index contributed by atoms with van der Waals surface area (Å²) in [5.74, 6) is 0.342. The topological polar surface area (TPSA) is 67.2 Å². The van der Waals surface area contributed by atoms with Gasteiger partial charge in [-0.25, -0.2) is 18.1 Å². The zero-order chi connectivity index (χ0) is 14.9. The molecule has 0 radical (unpaired) electrons. The summed E-state index contributed by atoms with van der Waals surface area (Å²) in [6.07, 6.45) is 2.41. The molecule has 0 bridgehead atoms. The number of nitrogens with one attached hydrogen (secondary N) is 1. The Balaban J connectivity index is 1.96. The standard InChI is InChI=1S/C12H21ClN4O2S/c1-9(2)17-5-4-10(7-17)6-15-20(18,19)12-11(13)16(3)8-14-12/h8-10,15H,4-7H2,1-3H3. The van der Waals surface area contributed by atoms with Crippen LogP contribution in [0.15, 0.2) is 11.4 Å². The molecule has 1 N–H and O–H groups in total. The first kappa shape index (κ1) is 15.8. The molecule has 6 nitrogen and oxygen atoms in total. The summed E-state index contributed by atoms with van der Waals surface area (Å²) in [5.41, 5.74) is 0. The van der Waals surface area contributed by atoms with Crippen molar-refractivity contribution >= 4 is 21.6 Å². The van der Waals surface area contributed by atoms with Gasteiger partial charge in [-0.15, -0.1) is 0 Å². The van der Waals surface area contributed by atoms with E-state index in [0.29, 0.717) is 18.5 Å². The molecule has 1 atom stereocenters. The Bertz CT molecular complexity index is 570. The molecule has 8 heteroatoms. The van der Waals surface area contributed by atoms with Crippen molar-refractivity contribution in [2.75, 3.05) is 19.6 Å². The number of sulfonamides is 1. The van der Waals surface area contributed by atoms with Crippen LogP contribution in [-0.4, -0.2) is 48.5 Å². The molecule has 1 fully saturated rings. The van der Waals surface area contributed by atoms with Gasteiger partial charge in [0.25, 0.3) is 10.0 Å². The third kappa shape index (κ3) is 3.33. The second kappa shape index (κ2) is 6.01. The van der Waals surface area contributed by atoms with Crippen molar-refractivity contribution in [1.29, 1.82) is 0 Å². The van der Waals surface area contributed by atoms with E-state index < -0.39 is 10.0 Å².